The first kappa shape index (κ1) is 13.6. The van der Waals surface area contributed by atoms with Crippen LogP contribution in [0.25, 0.3) is 0 Å². The fourth-order valence-corrected chi connectivity index (χ4v) is 3.61. The number of carbonyl (C=O) groups is 1. The number of hydrogen-bond donors (Lipinski definition) is 1. The second-order valence-electron chi connectivity index (χ2n) is 5.40. The van der Waals surface area contributed by atoms with Crippen LogP contribution in [0.4, 0.5) is 0 Å². The van der Waals surface area contributed by atoms with Crippen LogP contribution >= 0.6 is 11.3 Å². The normalized spacial score (nSPS) is 24.3. The third-order valence-electron chi connectivity index (χ3n) is 3.51. The van der Waals surface area contributed by atoms with Crippen molar-refractivity contribution in [1.29, 1.82) is 0 Å². The number of rotatable bonds is 2. The zero-order valence-corrected chi connectivity index (χ0v) is 12.1. The average Bonchev–Trinajstić information content (AvgIpc) is 2.68. The summed E-state index contributed by atoms with van der Waals surface area (Å²) in [5.41, 5.74) is 0.475. The van der Waals surface area contributed by atoms with Gasteiger partial charge in [0.1, 0.15) is 0 Å². The fraction of sp³-hybridized carbons (Fsp3) is 0.643. The highest BCUT2D eigenvalue weighted by Crippen LogP contribution is 2.26. The highest BCUT2D eigenvalue weighted by molar-refractivity contribution is 7.14. The Balaban J connectivity index is 2.15. The number of hydrogen-bond acceptors (Lipinski definition) is 3. The Hall–Kier alpha value is -0.870. The molecule has 0 aromatic carbocycles. The Labute approximate surface area is 112 Å². The van der Waals surface area contributed by atoms with Gasteiger partial charge in [0.05, 0.1) is 10.5 Å². The molecule has 2 heterocycles. The Morgan fingerprint density at radius 3 is 2.89 bits per heavy atom. The molecule has 1 unspecified atom stereocenters. The number of likely N-dealkylation sites (tertiary alicyclic amines) is 1. The lowest BCUT2D eigenvalue weighted by Crippen LogP contribution is -2.48. The number of aliphatic hydroxyl groups is 1. The van der Waals surface area contributed by atoms with E-state index in [0.29, 0.717) is 6.54 Å². The lowest BCUT2D eigenvalue weighted by atomic mass is 9.95. The topological polar surface area (TPSA) is 40.5 Å². The summed E-state index contributed by atoms with van der Waals surface area (Å²) in [5, 5.41) is 10.1. The minimum atomic E-state index is -0.728. The molecule has 100 valence electrons. The molecule has 1 N–H and O–H groups in total. The van der Waals surface area contributed by atoms with Gasteiger partial charge in [0.25, 0.3) is 5.91 Å². The van der Waals surface area contributed by atoms with E-state index >= 15 is 0 Å². The van der Waals surface area contributed by atoms with Crippen LogP contribution in [0.5, 0.6) is 0 Å². The number of nitrogens with zero attached hydrogens (tertiary/aromatic N) is 1. The molecule has 3 nitrogen and oxygen atoms in total. The van der Waals surface area contributed by atoms with E-state index in [1.165, 1.54) is 10.4 Å². The molecule has 1 atom stereocenters. The zero-order chi connectivity index (χ0) is 13.3. The van der Waals surface area contributed by atoms with Crippen LogP contribution in [0, 0.1) is 6.92 Å². The monoisotopic (exact) mass is 267 g/mol. The number of aryl methyl sites for hydroxylation is 2. The standard InChI is InChI=1S/C14H21NO2S/c1-4-11-10(2)8-12(18-11)13(16)15-7-5-6-14(3,17)9-15/h8,17H,4-7,9H2,1-3H3. The Kier molecular flexibility index (Phi) is 3.78. The predicted octanol–water partition coefficient (Wildman–Crippen LogP) is 2.61. The van der Waals surface area contributed by atoms with Crippen molar-refractivity contribution >= 4 is 17.2 Å². The molecule has 18 heavy (non-hydrogen) atoms. The van der Waals surface area contributed by atoms with Gasteiger partial charge >= 0.3 is 0 Å². The van der Waals surface area contributed by atoms with Gasteiger partial charge in [0, 0.05) is 18.0 Å². The number of amides is 1. The average molecular weight is 267 g/mol. The van der Waals surface area contributed by atoms with Gasteiger partial charge in [-0.15, -0.1) is 11.3 Å². The summed E-state index contributed by atoms with van der Waals surface area (Å²) in [6.07, 6.45) is 2.63. The molecule has 0 bridgehead atoms. The third kappa shape index (κ3) is 2.75. The van der Waals surface area contributed by atoms with Gasteiger partial charge in [0.2, 0.25) is 0 Å². The summed E-state index contributed by atoms with van der Waals surface area (Å²) in [6.45, 7) is 7.18. The highest BCUT2D eigenvalue weighted by Gasteiger charge is 2.31. The summed E-state index contributed by atoms with van der Waals surface area (Å²) in [5.74, 6) is 0.0720. The first-order valence-electron chi connectivity index (χ1n) is 6.54. The fourth-order valence-electron chi connectivity index (χ4n) is 2.53. The SMILES string of the molecule is CCc1sc(C(=O)N2CCCC(C)(O)C2)cc1C. The zero-order valence-electron chi connectivity index (χ0n) is 11.3. The smallest absolute Gasteiger partial charge is 0.264 e. The second-order valence-corrected chi connectivity index (χ2v) is 6.53. The molecular weight excluding hydrogens is 246 g/mol. The molecule has 4 heteroatoms. The van der Waals surface area contributed by atoms with Gasteiger partial charge < -0.3 is 10.0 Å². The van der Waals surface area contributed by atoms with Crippen molar-refractivity contribution in [3.63, 3.8) is 0 Å². The maximum absolute atomic E-state index is 12.4. The molecule has 0 saturated carbocycles. The van der Waals surface area contributed by atoms with E-state index in [4.69, 9.17) is 0 Å². The van der Waals surface area contributed by atoms with Crippen molar-refractivity contribution in [3.05, 3.63) is 21.4 Å². The lowest BCUT2D eigenvalue weighted by molar-refractivity contribution is -0.0105. The number of piperidine rings is 1. The Morgan fingerprint density at radius 1 is 1.61 bits per heavy atom. The Bertz CT molecular complexity index is 451. The maximum Gasteiger partial charge on any atom is 0.264 e. The van der Waals surface area contributed by atoms with Crippen LogP contribution in [0.1, 0.15) is 46.8 Å². The third-order valence-corrected chi connectivity index (χ3v) is 4.88. The minimum absolute atomic E-state index is 0.0720. The van der Waals surface area contributed by atoms with E-state index in [0.717, 1.165) is 30.7 Å². The lowest BCUT2D eigenvalue weighted by Gasteiger charge is -2.36. The van der Waals surface area contributed by atoms with Crippen molar-refractivity contribution in [3.8, 4) is 0 Å². The van der Waals surface area contributed by atoms with Crippen molar-refractivity contribution < 1.29 is 9.90 Å². The second kappa shape index (κ2) is 5.02. The van der Waals surface area contributed by atoms with Gasteiger partial charge in [-0.3, -0.25) is 4.79 Å². The van der Waals surface area contributed by atoms with Crippen LogP contribution in [-0.4, -0.2) is 34.6 Å². The van der Waals surface area contributed by atoms with Crippen LogP contribution in [0.15, 0.2) is 6.07 Å². The summed E-state index contributed by atoms with van der Waals surface area (Å²) < 4.78 is 0. The maximum atomic E-state index is 12.4. The first-order valence-corrected chi connectivity index (χ1v) is 7.35. The number of β-amino-alcohol motifs (C(OH)–C–C–N with tert-alkyl or cyclic N) is 1. The van der Waals surface area contributed by atoms with Crippen molar-refractivity contribution in [2.45, 2.75) is 45.6 Å². The van der Waals surface area contributed by atoms with Crippen LogP contribution in [0.3, 0.4) is 0 Å². The summed E-state index contributed by atoms with van der Waals surface area (Å²) >= 11 is 1.59. The van der Waals surface area contributed by atoms with E-state index in [1.807, 2.05) is 13.0 Å². The number of thiophene rings is 1. The van der Waals surface area contributed by atoms with E-state index in [1.54, 1.807) is 16.2 Å². The van der Waals surface area contributed by atoms with Gasteiger partial charge in [-0.05, 0) is 44.7 Å². The van der Waals surface area contributed by atoms with Crippen molar-refractivity contribution in [2.24, 2.45) is 0 Å². The van der Waals surface area contributed by atoms with Gasteiger partial charge in [-0.1, -0.05) is 6.92 Å². The highest BCUT2D eigenvalue weighted by atomic mass is 32.1. The molecule has 0 spiro atoms. The first-order chi connectivity index (χ1) is 8.43. The summed E-state index contributed by atoms with van der Waals surface area (Å²) in [4.78, 5) is 16.3. The van der Waals surface area contributed by atoms with Gasteiger partial charge in [-0.2, -0.15) is 0 Å². The molecule has 1 aliphatic rings. The molecule has 1 aromatic rings. The predicted molar refractivity (Wildman–Crippen MR) is 74.2 cm³/mol. The van der Waals surface area contributed by atoms with E-state index < -0.39 is 5.60 Å². The van der Waals surface area contributed by atoms with Crippen molar-refractivity contribution in [1.82, 2.24) is 4.90 Å². The van der Waals surface area contributed by atoms with Gasteiger partial charge in [0.15, 0.2) is 0 Å². The van der Waals surface area contributed by atoms with Crippen LogP contribution < -0.4 is 0 Å². The minimum Gasteiger partial charge on any atom is -0.388 e. The summed E-state index contributed by atoms with van der Waals surface area (Å²) in [6, 6.07) is 1.98. The quantitative estimate of drug-likeness (QED) is 0.895. The van der Waals surface area contributed by atoms with E-state index in [2.05, 4.69) is 13.8 Å². The molecule has 2 rings (SSSR count). The summed E-state index contributed by atoms with van der Waals surface area (Å²) in [7, 11) is 0. The molecule has 0 aliphatic carbocycles. The van der Waals surface area contributed by atoms with E-state index in [-0.39, 0.29) is 5.91 Å². The van der Waals surface area contributed by atoms with Crippen molar-refractivity contribution in [2.75, 3.05) is 13.1 Å². The van der Waals surface area contributed by atoms with E-state index in [9.17, 15) is 9.90 Å². The molecular formula is C14H21NO2S. The molecule has 1 aromatic heterocycles. The van der Waals surface area contributed by atoms with Crippen LogP contribution in [0.2, 0.25) is 0 Å². The molecule has 1 fully saturated rings. The van der Waals surface area contributed by atoms with Gasteiger partial charge in [-0.25, -0.2) is 0 Å². The van der Waals surface area contributed by atoms with Crippen LogP contribution in [-0.2, 0) is 6.42 Å². The number of carbonyl (C=O) groups excluding carboxylic acids is 1. The molecule has 0 radical (unpaired) electrons. The molecule has 1 aliphatic heterocycles. The molecule has 1 amide bonds. The molecule has 1 saturated heterocycles. The Morgan fingerprint density at radius 2 is 2.33 bits per heavy atom. The largest absolute Gasteiger partial charge is 0.388 e.